The summed E-state index contributed by atoms with van der Waals surface area (Å²) in [6.45, 7) is 1.70. The van der Waals surface area contributed by atoms with E-state index in [1.165, 1.54) is 6.21 Å². The number of amides is 1. The number of aromatic nitrogens is 2. The van der Waals surface area contributed by atoms with Crippen LogP contribution in [0.2, 0.25) is 5.15 Å². The van der Waals surface area contributed by atoms with Gasteiger partial charge in [0.05, 0.1) is 23.2 Å². The highest BCUT2D eigenvalue weighted by molar-refractivity contribution is 6.32. The SMILES string of the molecule is Cc1nn(-c2ccccc2)c(Cl)c1C=NNC(=O)COc1ccccc1. The zero-order valence-corrected chi connectivity index (χ0v) is 14.8. The van der Waals surface area contributed by atoms with Crippen LogP contribution in [0.1, 0.15) is 11.3 Å². The molecule has 2 aromatic carbocycles. The molecule has 0 aliphatic carbocycles. The van der Waals surface area contributed by atoms with Gasteiger partial charge in [0.25, 0.3) is 5.91 Å². The Morgan fingerprint density at radius 1 is 1.19 bits per heavy atom. The van der Waals surface area contributed by atoms with E-state index in [0.29, 0.717) is 22.2 Å². The third-order valence-electron chi connectivity index (χ3n) is 3.54. The molecule has 3 aromatic rings. The number of hydrogen-bond donors (Lipinski definition) is 1. The van der Waals surface area contributed by atoms with E-state index < -0.39 is 0 Å². The predicted octanol–water partition coefficient (Wildman–Crippen LogP) is 3.36. The van der Waals surface area contributed by atoms with Crippen molar-refractivity contribution in [3.05, 3.63) is 77.1 Å². The molecule has 1 N–H and O–H groups in total. The summed E-state index contributed by atoms with van der Waals surface area (Å²) in [5, 5.41) is 8.77. The Bertz CT molecular complexity index is 908. The molecular formula is C19H17ClN4O2. The number of ether oxygens (including phenoxy) is 1. The van der Waals surface area contributed by atoms with Crippen LogP contribution in [-0.2, 0) is 4.79 Å². The summed E-state index contributed by atoms with van der Waals surface area (Å²) in [6, 6.07) is 18.6. The summed E-state index contributed by atoms with van der Waals surface area (Å²) in [6.07, 6.45) is 1.48. The molecule has 132 valence electrons. The van der Waals surface area contributed by atoms with Crippen molar-refractivity contribution >= 4 is 23.7 Å². The van der Waals surface area contributed by atoms with Crippen LogP contribution in [0, 0.1) is 6.92 Å². The van der Waals surface area contributed by atoms with Crippen molar-refractivity contribution < 1.29 is 9.53 Å². The summed E-state index contributed by atoms with van der Waals surface area (Å²) < 4.78 is 6.98. The van der Waals surface area contributed by atoms with Crippen molar-refractivity contribution in [1.82, 2.24) is 15.2 Å². The average Bonchev–Trinajstić information content (AvgIpc) is 2.96. The highest BCUT2D eigenvalue weighted by Gasteiger charge is 2.13. The second-order valence-electron chi connectivity index (χ2n) is 5.43. The van der Waals surface area contributed by atoms with Crippen LogP contribution >= 0.6 is 11.6 Å². The molecule has 0 spiro atoms. The number of nitrogens with one attached hydrogen (secondary N) is 1. The lowest BCUT2D eigenvalue weighted by Crippen LogP contribution is -2.24. The number of halogens is 1. The fourth-order valence-electron chi connectivity index (χ4n) is 2.26. The van der Waals surface area contributed by atoms with Crippen LogP contribution in [0.5, 0.6) is 5.75 Å². The fourth-order valence-corrected chi connectivity index (χ4v) is 2.59. The molecule has 0 aliphatic heterocycles. The Kier molecular flexibility index (Phi) is 5.66. The zero-order chi connectivity index (χ0) is 18.4. The second-order valence-corrected chi connectivity index (χ2v) is 5.79. The smallest absolute Gasteiger partial charge is 0.277 e. The summed E-state index contributed by atoms with van der Waals surface area (Å²) in [4.78, 5) is 11.8. The average molecular weight is 369 g/mol. The number of carbonyl (C=O) groups is 1. The first-order valence-corrected chi connectivity index (χ1v) is 8.33. The van der Waals surface area contributed by atoms with E-state index in [2.05, 4.69) is 15.6 Å². The van der Waals surface area contributed by atoms with Gasteiger partial charge in [0.15, 0.2) is 6.61 Å². The molecule has 0 saturated heterocycles. The van der Waals surface area contributed by atoms with Crippen LogP contribution in [0.3, 0.4) is 0 Å². The van der Waals surface area contributed by atoms with Crippen LogP contribution in [-0.4, -0.2) is 28.5 Å². The van der Waals surface area contributed by atoms with Crippen molar-refractivity contribution in [2.24, 2.45) is 5.10 Å². The van der Waals surface area contributed by atoms with Gasteiger partial charge in [0, 0.05) is 0 Å². The second kappa shape index (κ2) is 8.31. The van der Waals surface area contributed by atoms with E-state index in [0.717, 1.165) is 5.69 Å². The Morgan fingerprint density at radius 2 is 1.85 bits per heavy atom. The molecule has 3 rings (SSSR count). The van der Waals surface area contributed by atoms with Gasteiger partial charge in [-0.3, -0.25) is 4.79 Å². The molecule has 1 aromatic heterocycles. The Hall–Kier alpha value is -3.12. The highest BCUT2D eigenvalue weighted by Crippen LogP contribution is 2.21. The number of aryl methyl sites for hydroxylation is 1. The molecule has 0 saturated carbocycles. The highest BCUT2D eigenvalue weighted by atomic mass is 35.5. The first-order valence-electron chi connectivity index (χ1n) is 7.95. The minimum absolute atomic E-state index is 0.128. The first-order chi connectivity index (χ1) is 12.6. The van der Waals surface area contributed by atoms with Gasteiger partial charge in [0.1, 0.15) is 10.9 Å². The normalized spacial score (nSPS) is 10.8. The molecular weight excluding hydrogens is 352 g/mol. The van der Waals surface area contributed by atoms with E-state index in [4.69, 9.17) is 16.3 Å². The van der Waals surface area contributed by atoms with Gasteiger partial charge in [-0.2, -0.15) is 10.2 Å². The zero-order valence-electron chi connectivity index (χ0n) is 14.1. The Labute approximate surface area is 156 Å². The van der Waals surface area contributed by atoms with Crippen LogP contribution in [0.15, 0.2) is 65.8 Å². The third kappa shape index (κ3) is 4.29. The number of rotatable bonds is 6. The standard InChI is InChI=1S/C19H17ClN4O2/c1-14-17(19(20)24(23-14)15-8-4-2-5-9-15)12-21-22-18(25)13-26-16-10-6-3-7-11-16/h2-12H,13H2,1H3,(H,22,25). The van der Waals surface area contributed by atoms with Gasteiger partial charge in [-0.05, 0) is 31.2 Å². The maximum Gasteiger partial charge on any atom is 0.277 e. The van der Waals surface area contributed by atoms with Crippen LogP contribution in [0.25, 0.3) is 5.69 Å². The minimum Gasteiger partial charge on any atom is -0.484 e. The summed E-state index contributed by atoms with van der Waals surface area (Å²) in [5.41, 5.74) is 4.61. The van der Waals surface area contributed by atoms with Crippen molar-refractivity contribution in [3.8, 4) is 11.4 Å². The molecule has 1 heterocycles. The van der Waals surface area contributed by atoms with Crippen molar-refractivity contribution in [2.75, 3.05) is 6.61 Å². The van der Waals surface area contributed by atoms with Gasteiger partial charge >= 0.3 is 0 Å². The number of nitrogens with zero attached hydrogens (tertiary/aromatic N) is 3. The van der Waals surface area contributed by atoms with Crippen molar-refractivity contribution in [1.29, 1.82) is 0 Å². The topological polar surface area (TPSA) is 68.5 Å². The molecule has 0 aliphatic rings. The summed E-state index contributed by atoms with van der Waals surface area (Å²) >= 11 is 6.39. The lowest BCUT2D eigenvalue weighted by atomic mass is 10.3. The molecule has 7 heteroatoms. The van der Waals surface area contributed by atoms with E-state index in [1.54, 1.807) is 16.8 Å². The molecule has 0 bridgehead atoms. The largest absolute Gasteiger partial charge is 0.484 e. The Balaban J connectivity index is 1.62. The lowest BCUT2D eigenvalue weighted by molar-refractivity contribution is -0.123. The van der Waals surface area contributed by atoms with E-state index in [-0.39, 0.29) is 12.5 Å². The summed E-state index contributed by atoms with van der Waals surface area (Å²) in [7, 11) is 0. The molecule has 0 unspecified atom stereocenters. The lowest BCUT2D eigenvalue weighted by Gasteiger charge is -2.04. The first kappa shape index (κ1) is 17.7. The number of para-hydroxylation sites is 2. The number of hydrazone groups is 1. The van der Waals surface area contributed by atoms with Crippen molar-refractivity contribution in [3.63, 3.8) is 0 Å². The van der Waals surface area contributed by atoms with Gasteiger partial charge < -0.3 is 4.74 Å². The fraction of sp³-hybridized carbons (Fsp3) is 0.105. The molecule has 0 atom stereocenters. The summed E-state index contributed by atoms with van der Waals surface area (Å²) in [5.74, 6) is 0.254. The van der Waals surface area contributed by atoms with Gasteiger partial charge in [-0.1, -0.05) is 48.0 Å². The van der Waals surface area contributed by atoms with Gasteiger partial charge in [-0.25, -0.2) is 10.1 Å². The van der Waals surface area contributed by atoms with E-state index in [1.807, 2.05) is 55.5 Å². The molecule has 0 radical (unpaired) electrons. The third-order valence-corrected chi connectivity index (χ3v) is 3.91. The quantitative estimate of drug-likeness (QED) is 0.535. The number of benzene rings is 2. The van der Waals surface area contributed by atoms with Crippen LogP contribution in [0.4, 0.5) is 0 Å². The van der Waals surface area contributed by atoms with Gasteiger partial charge in [0.2, 0.25) is 0 Å². The van der Waals surface area contributed by atoms with Crippen molar-refractivity contribution in [2.45, 2.75) is 6.92 Å². The number of hydrogen-bond acceptors (Lipinski definition) is 4. The monoisotopic (exact) mass is 368 g/mol. The molecule has 0 fully saturated rings. The maximum atomic E-state index is 11.8. The molecule has 6 nitrogen and oxygen atoms in total. The van der Waals surface area contributed by atoms with E-state index >= 15 is 0 Å². The predicted molar refractivity (Wildman–Crippen MR) is 101 cm³/mol. The Morgan fingerprint density at radius 3 is 2.54 bits per heavy atom. The molecule has 26 heavy (non-hydrogen) atoms. The van der Waals surface area contributed by atoms with Gasteiger partial charge in [-0.15, -0.1) is 0 Å². The minimum atomic E-state index is -0.366. The number of carbonyl (C=O) groups excluding carboxylic acids is 1. The van der Waals surface area contributed by atoms with Crippen LogP contribution < -0.4 is 10.2 Å². The molecule has 1 amide bonds. The van der Waals surface area contributed by atoms with E-state index in [9.17, 15) is 4.79 Å². The maximum absolute atomic E-state index is 11.8.